The molecule has 0 amide bonds. The van der Waals surface area contributed by atoms with Crippen LogP contribution >= 0.6 is 0 Å². The molecule has 1 saturated heterocycles. The summed E-state index contributed by atoms with van der Waals surface area (Å²) in [6.07, 6.45) is 3.86. The summed E-state index contributed by atoms with van der Waals surface area (Å²) in [5.41, 5.74) is 0.641. The van der Waals surface area contributed by atoms with Gasteiger partial charge >= 0.3 is 5.97 Å². The molecule has 1 fully saturated rings. The quantitative estimate of drug-likeness (QED) is 0.472. The second-order valence-corrected chi connectivity index (χ2v) is 7.37. The van der Waals surface area contributed by atoms with Crippen LogP contribution in [0.15, 0.2) is 24.3 Å². The molecular weight excluding hydrogens is 332 g/mol. The van der Waals surface area contributed by atoms with Gasteiger partial charge in [0.05, 0.1) is 11.5 Å². The first-order valence-corrected chi connectivity index (χ1v) is 9.59. The first kappa shape index (κ1) is 20.7. The van der Waals surface area contributed by atoms with Gasteiger partial charge in [-0.3, -0.25) is 4.79 Å². The Bertz CT molecular complexity index is 546. The van der Waals surface area contributed by atoms with Crippen LogP contribution in [0, 0.1) is 5.41 Å². The normalized spacial score (nSPS) is 19.0. The van der Waals surface area contributed by atoms with E-state index in [4.69, 9.17) is 18.9 Å². The minimum atomic E-state index is -0.445. The molecule has 0 spiro atoms. The van der Waals surface area contributed by atoms with Crippen molar-refractivity contribution in [1.29, 1.82) is 0 Å². The summed E-state index contributed by atoms with van der Waals surface area (Å²) in [7, 11) is 0. The molecule has 2 rings (SSSR count). The Morgan fingerprint density at radius 2 is 1.96 bits per heavy atom. The Morgan fingerprint density at radius 1 is 1.23 bits per heavy atom. The van der Waals surface area contributed by atoms with E-state index in [0.717, 1.165) is 43.6 Å². The van der Waals surface area contributed by atoms with Gasteiger partial charge in [-0.15, -0.1) is 0 Å². The fourth-order valence-electron chi connectivity index (χ4n) is 2.59. The summed E-state index contributed by atoms with van der Waals surface area (Å²) < 4.78 is 22.5. The molecule has 1 aliphatic heterocycles. The Hall–Kier alpha value is -1.59. The van der Waals surface area contributed by atoms with Gasteiger partial charge in [0.1, 0.15) is 19.0 Å². The van der Waals surface area contributed by atoms with Gasteiger partial charge in [0, 0.05) is 6.61 Å². The van der Waals surface area contributed by atoms with Crippen LogP contribution in [0.2, 0.25) is 0 Å². The van der Waals surface area contributed by atoms with Crippen LogP contribution in [-0.2, 0) is 19.0 Å². The van der Waals surface area contributed by atoms with Crippen molar-refractivity contribution in [2.45, 2.75) is 65.8 Å². The number of hydrogen-bond acceptors (Lipinski definition) is 5. The Labute approximate surface area is 157 Å². The maximum absolute atomic E-state index is 11.9. The summed E-state index contributed by atoms with van der Waals surface area (Å²) in [4.78, 5) is 11.9. The summed E-state index contributed by atoms with van der Waals surface area (Å²) in [5.74, 6) is 0.565. The van der Waals surface area contributed by atoms with E-state index < -0.39 is 5.41 Å². The van der Waals surface area contributed by atoms with Crippen LogP contribution in [0.3, 0.4) is 0 Å². The molecule has 26 heavy (non-hydrogen) atoms. The zero-order valence-corrected chi connectivity index (χ0v) is 16.5. The largest absolute Gasteiger partial charge is 0.490 e. The van der Waals surface area contributed by atoms with Gasteiger partial charge in [0.2, 0.25) is 0 Å². The molecule has 1 aromatic rings. The molecule has 0 aromatic heterocycles. The molecule has 5 nitrogen and oxygen atoms in total. The Morgan fingerprint density at radius 3 is 2.58 bits per heavy atom. The van der Waals surface area contributed by atoms with E-state index in [9.17, 15) is 4.79 Å². The molecule has 1 aliphatic rings. The smallest absolute Gasteiger partial charge is 0.311 e. The standard InChI is InChI=1S/C21H32O5/c1-5-21(3,4)20(22)25-15-14-23-18-11-9-17(10-12-18)16(2)26-19-8-6-7-13-24-19/h9-12,16,19H,5-8,13-15H2,1-4H3. The molecule has 1 heterocycles. The molecule has 2 atom stereocenters. The fourth-order valence-corrected chi connectivity index (χ4v) is 2.59. The minimum absolute atomic E-state index is 0.0237. The predicted octanol–water partition coefficient (Wildman–Crippen LogP) is 4.65. The number of carbonyl (C=O) groups is 1. The van der Waals surface area contributed by atoms with Crippen LogP contribution in [0.25, 0.3) is 0 Å². The van der Waals surface area contributed by atoms with Crippen LogP contribution in [0.1, 0.15) is 65.0 Å². The fraction of sp³-hybridized carbons (Fsp3) is 0.667. The van der Waals surface area contributed by atoms with E-state index in [0.29, 0.717) is 6.61 Å². The van der Waals surface area contributed by atoms with Gasteiger partial charge in [0.25, 0.3) is 0 Å². The maximum Gasteiger partial charge on any atom is 0.311 e. The molecule has 0 radical (unpaired) electrons. The van der Waals surface area contributed by atoms with E-state index in [1.165, 1.54) is 0 Å². The van der Waals surface area contributed by atoms with E-state index >= 15 is 0 Å². The van der Waals surface area contributed by atoms with Gasteiger partial charge < -0.3 is 18.9 Å². The lowest BCUT2D eigenvalue weighted by atomic mass is 9.91. The van der Waals surface area contributed by atoms with Gasteiger partial charge in [-0.1, -0.05) is 19.1 Å². The summed E-state index contributed by atoms with van der Waals surface area (Å²) >= 11 is 0. The minimum Gasteiger partial charge on any atom is -0.490 e. The number of benzene rings is 1. The van der Waals surface area contributed by atoms with E-state index in [2.05, 4.69) is 0 Å². The zero-order valence-electron chi connectivity index (χ0n) is 16.5. The van der Waals surface area contributed by atoms with Crippen molar-refractivity contribution in [2.75, 3.05) is 19.8 Å². The monoisotopic (exact) mass is 364 g/mol. The van der Waals surface area contributed by atoms with Crippen molar-refractivity contribution in [2.24, 2.45) is 5.41 Å². The zero-order chi connectivity index (χ0) is 19.0. The SMILES string of the molecule is CCC(C)(C)C(=O)OCCOc1ccc(C(C)OC2CCCCO2)cc1. The first-order valence-electron chi connectivity index (χ1n) is 9.59. The Balaban J connectivity index is 1.72. The van der Waals surface area contributed by atoms with E-state index in [-0.39, 0.29) is 25.0 Å². The van der Waals surface area contributed by atoms with Crippen molar-refractivity contribution in [1.82, 2.24) is 0 Å². The van der Waals surface area contributed by atoms with Crippen molar-refractivity contribution in [3.05, 3.63) is 29.8 Å². The van der Waals surface area contributed by atoms with Gasteiger partial charge in [-0.05, 0) is 64.2 Å². The third kappa shape index (κ3) is 6.29. The van der Waals surface area contributed by atoms with Gasteiger partial charge in [0.15, 0.2) is 6.29 Å². The highest BCUT2D eigenvalue weighted by molar-refractivity contribution is 5.75. The van der Waals surface area contributed by atoms with E-state index in [1.54, 1.807) is 0 Å². The molecule has 146 valence electrons. The predicted molar refractivity (Wildman–Crippen MR) is 100 cm³/mol. The summed E-state index contributed by atoms with van der Waals surface area (Å²) in [6.45, 7) is 9.15. The second-order valence-electron chi connectivity index (χ2n) is 7.37. The van der Waals surface area contributed by atoms with Crippen molar-refractivity contribution in [3.8, 4) is 5.75 Å². The number of ether oxygens (including phenoxy) is 4. The van der Waals surface area contributed by atoms with Gasteiger partial charge in [-0.2, -0.15) is 0 Å². The van der Waals surface area contributed by atoms with Crippen molar-refractivity contribution in [3.63, 3.8) is 0 Å². The molecule has 0 bridgehead atoms. The van der Waals surface area contributed by atoms with Crippen LogP contribution in [-0.4, -0.2) is 32.1 Å². The number of hydrogen-bond donors (Lipinski definition) is 0. The lowest BCUT2D eigenvalue weighted by molar-refractivity contribution is -0.186. The third-order valence-electron chi connectivity index (χ3n) is 4.87. The molecule has 2 unspecified atom stereocenters. The lowest BCUT2D eigenvalue weighted by Crippen LogP contribution is -2.27. The molecule has 0 N–H and O–H groups in total. The molecule has 0 saturated carbocycles. The maximum atomic E-state index is 11.9. The van der Waals surface area contributed by atoms with Crippen LogP contribution in [0.4, 0.5) is 0 Å². The number of carbonyl (C=O) groups excluding carboxylic acids is 1. The van der Waals surface area contributed by atoms with Gasteiger partial charge in [-0.25, -0.2) is 0 Å². The average molecular weight is 364 g/mol. The lowest BCUT2D eigenvalue weighted by Gasteiger charge is -2.26. The first-order chi connectivity index (χ1) is 12.4. The van der Waals surface area contributed by atoms with Crippen LogP contribution < -0.4 is 4.74 Å². The van der Waals surface area contributed by atoms with Crippen molar-refractivity contribution >= 4 is 5.97 Å². The number of esters is 1. The van der Waals surface area contributed by atoms with Crippen molar-refractivity contribution < 1.29 is 23.7 Å². The molecule has 1 aromatic carbocycles. The highest BCUT2D eigenvalue weighted by Crippen LogP contribution is 2.25. The second kappa shape index (κ2) is 9.93. The highest BCUT2D eigenvalue weighted by atomic mass is 16.7. The van der Waals surface area contributed by atoms with E-state index in [1.807, 2.05) is 52.0 Å². The summed E-state index contributed by atoms with van der Waals surface area (Å²) in [6, 6.07) is 7.81. The molecule has 0 aliphatic carbocycles. The topological polar surface area (TPSA) is 54.0 Å². The summed E-state index contributed by atoms with van der Waals surface area (Å²) in [5, 5.41) is 0. The molecule has 5 heteroatoms. The Kier molecular flexibility index (Phi) is 7.91. The number of rotatable bonds is 9. The third-order valence-corrected chi connectivity index (χ3v) is 4.87. The highest BCUT2D eigenvalue weighted by Gasteiger charge is 2.26. The molecular formula is C21H32O5. The average Bonchev–Trinajstić information content (AvgIpc) is 2.66. The van der Waals surface area contributed by atoms with Crippen LogP contribution in [0.5, 0.6) is 5.75 Å².